The van der Waals surface area contributed by atoms with E-state index in [0.29, 0.717) is 29.2 Å². The maximum Gasteiger partial charge on any atom is 0.240 e. The highest BCUT2D eigenvalue weighted by atomic mass is 35.5. The second-order valence-corrected chi connectivity index (χ2v) is 7.18. The minimum atomic E-state index is -1.05. The molecule has 0 radical (unpaired) electrons. The standard InChI is InChI=1S/C19H18Cl2N2O2/c1-11-6-7-13(10-12(11)2)22-17(24)19(8-9-19)18(25)23-15-5-3-4-14(20)16(15)21/h3-7,10H,8-9H2,1-2H3,(H,22,24)(H,23,25). The largest absolute Gasteiger partial charge is 0.325 e. The van der Waals surface area contributed by atoms with Crippen LogP contribution >= 0.6 is 23.2 Å². The summed E-state index contributed by atoms with van der Waals surface area (Å²) in [5, 5.41) is 6.19. The molecule has 2 aromatic rings. The molecule has 0 saturated heterocycles. The van der Waals surface area contributed by atoms with E-state index in [4.69, 9.17) is 23.2 Å². The first kappa shape index (κ1) is 17.8. The van der Waals surface area contributed by atoms with Crippen molar-refractivity contribution in [1.29, 1.82) is 0 Å². The topological polar surface area (TPSA) is 58.2 Å². The van der Waals surface area contributed by atoms with Gasteiger partial charge in [-0.15, -0.1) is 0 Å². The third-order valence-corrected chi connectivity index (χ3v) is 5.40. The molecule has 2 N–H and O–H groups in total. The third kappa shape index (κ3) is 3.51. The predicted molar refractivity (Wildman–Crippen MR) is 101 cm³/mol. The molecule has 6 heteroatoms. The minimum Gasteiger partial charge on any atom is -0.325 e. The summed E-state index contributed by atoms with van der Waals surface area (Å²) in [5.41, 5.74) is 2.27. The van der Waals surface area contributed by atoms with Gasteiger partial charge in [0, 0.05) is 5.69 Å². The number of carbonyl (C=O) groups is 2. The van der Waals surface area contributed by atoms with Gasteiger partial charge < -0.3 is 10.6 Å². The van der Waals surface area contributed by atoms with E-state index >= 15 is 0 Å². The van der Waals surface area contributed by atoms with E-state index in [1.807, 2.05) is 32.0 Å². The summed E-state index contributed by atoms with van der Waals surface area (Å²) in [4.78, 5) is 25.3. The van der Waals surface area contributed by atoms with Crippen molar-refractivity contribution in [2.75, 3.05) is 10.6 Å². The van der Waals surface area contributed by atoms with Gasteiger partial charge in [-0.05, 0) is 62.1 Å². The second kappa shape index (κ2) is 6.70. The lowest BCUT2D eigenvalue weighted by Crippen LogP contribution is -2.35. The highest BCUT2D eigenvalue weighted by Gasteiger charge is 2.56. The first-order valence-corrected chi connectivity index (χ1v) is 8.73. The molecule has 25 heavy (non-hydrogen) atoms. The summed E-state index contributed by atoms with van der Waals surface area (Å²) in [7, 11) is 0. The van der Waals surface area contributed by atoms with Crippen LogP contribution < -0.4 is 10.6 Å². The van der Waals surface area contributed by atoms with Crippen LogP contribution in [0.4, 0.5) is 11.4 Å². The average molecular weight is 377 g/mol. The normalized spacial score (nSPS) is 14.7. The molecule has 0 spiro atoms. The van der Waals surface area contributed by atoms with Gasteiger partial charge in [0.25, 0.3) is 0 Å². The fourth-order valence-corrected chi connectivity index (χ4v) is 2.94. The van der Waals surface area contributed by atoms with Gasteiger partial charge in [0.2, 0.25) is 11.8 Å². The number of aryl methyl sites for hydroxylation is 2. The van der Waals surface area contributed by atoms with E-state index in [9.17, 15) is 9.59 Å². The molecule has 0 aliphatic heterocycles. The molecule has 3 rings (SSSR count). The van der Waals surface area contributed by atoms with Crippen LogP contribution in [0.25, 0.3) is 0 Å². The van der Waals surface area contributed by atoms with Gasteiger partial charge in [0.1, 0.15) is 5.41 Å². The lowest BCUT2D eigenvalue weighted by molar-refractivity contribution is -0.131. The van der Waals surface area contributed by atoms with E-state index in [1.54, 1.807) is 18.2 Å². The lowest BCUT2D eigenvalue weighted by Gasteiger charge is -2.17. The van der Waals surface area contributed by atoms with Gasteiger partial charge in [0.05, 0.1) is 15.7 Å². The maximum absolute atomic E-state index is 12.6. The van der Waals surface area contributed by atoms with Gasteiger partial charge in [-0.2, -0.15) is 0 Å². The van der Waals surface area contributed by atoms with E-state index in [-0.39, 0.29) is 16.8 Å². The summed E-state index contributed by atoms with van der Waals surface area (Å²) in [6.07, 6.45) is 1.02. The van der Waals surface area contributed by atoms with Crippen molar-refractivity contribution in [3.63, 3.8) is 0 Å². The Kier molecular flexibility index (Phi) is 4.76. The molecular formula is C19H18Cl2N2O2. The molecule has 1 fully saturated rings. The highest BCUT2D eigenvalue weighted by Crippen LogP contribution is 2.48. The molecule has 4 nitrogen and oxygen atoms in total. The van der Waals surface area contributed by atoms with Gasteiger partial charge in [-0.1, -0.05) is 35.3 Å². The zero-order valence-corrected chi connectivity index (χ0v) is 15.5. The number of hydrogen-bond donors (Lipinski definition) is 2. The van der Waals surface area contributed by atoms with E-state index in [2.05, 4.69) is 10.6 Å². The molecule has 1 saturated carbocycles. The summed E-state index contributed by atoms with van der Waals surface area (Å²) >= 11 is 12.1. The molecule has 2 amide bonds. The SMILES string of the molecule is Cc1ccc(NC(=O)C2(C(=O)Nc3cccc(Cl)c3Cl)CC2)cc1C. The summed E-state index contributed by atoms with van der Waals surface area (Å²) in [6.45, 7) is 3.98. The average Bonchev–Trinajstić information content (AvgIpc) is 3.37. The zero-order valence-electron chi connectivity index (χ0n) is 14.0. The molecule has 0 heterocycles. The second-order valence-electron chi connectivity index (χ2n) is 6.39. The molecule has 2 aromatic carbocycles. The molecule has 1 aliphatic rings. The Morgan fingerprint density at radius 3 is 2.28 bits per heavy atom. The van der Waals surface area contributed by atoms with Crippen LogP contribution in [0.5, 0.6) is 0 Å². The van der Waals surface area contributed by atoms with Crippen LogP contribution in [-0.2, 0) is 9.59 Å². The maximum atomic E-state index is 12.6. The molecule has 130 valence electrons. The first-order chi connectivity index (χ1) is 11.8. The molecule has 0 atom stereocenters. The van der Waals surface area contributed by atoms with Crippen molar-refractivity contribution >= 4 is 46.4 Å². The van der Waals surface area contributed by atoms with Gasteiger partial charge >= 0.3 is 0 Å². The Labute approximate surface area is 156 Å². The summed E-state index contributed by atoms with van der Waals surface area (Å²) < 4.78 is 0. The summed E-state index contributed by atoms with van der Waals surface area (Å²) in [6, 6.07) is 10.7. The monoisotopic (exact) mass is 376 g/mol. The quantitative estimate of drug-likeness (QED) is 0.740. The fourth-order valence-electron chi connectivity index (χ4n) is 2.59. The van der Waals surface area contributed by atoms with Crippen LogP contribution in [0.3, 0.4) is 0 Å². The number of rotatable bonds is 4. The minimum absolute atomic E-state index is 0.267. The fraction of sp³-hybridized carbons (Fsp3) is 0.263. The van der Waals surface area contributed by atoms with Crippen molar-refractivity contribution in [3.8, 4) is 0 Å². The Morgan fingerprint density at radius 1 is 0.960 bits per heavy atom. The smallest absolute Gasteiger partial charge is 0.240 e. The molecular weight excluding hydrogens is 359 g/mol. The van der Waals surface area contributed by atoms with Crippen molar-refractivity contribution in [2.24, 2.45) is 5.41 Å². The highest BCUT2D eigenvalue weighted by molar-refractivity contribution is 6.44. The Morgan fingerprint density at radius 2 is 1.64 bits per heavy atom. The van der Waals surface area contributed by atoms with Crippen LogP contribution in [0.1, 0.15) is 24.0 Å². The van der Waals surface area contributed by atoms with E-state index in [0.717, 1.165) is 11.1 Å². The van der Waals surface area contributed by atoms with Gasteiger partial charge in [-0.3, -0.25) is 9.59 Å². The number of nitrogens with one attached hydrogen (secondary N) is 2. The van der Waals surface area contributed by atoms with Crippen molar-refractivity contribution in [2.45, 2.75) is 26.7 Å². The van der Waals surface area contributed by atoms with Crippen molar-refractivity contribution in [3.05, 3.63) is 57.6 Å². The predicted octanol–water partition coefficient (Wildman–Crippen LogP) is 4.97. The molecule has 0 unspecified atom stereocenters. The van der Waals surface area contributed by atoms with Crippen molar-refractivity contribution in [1.82, 2.24) is 0 Å². The Bertz CT molecular complexity index is 860. The summed E-state index contributed by atoms with van der Waals surface area (Å²) in [5.74, 6) is -0.663. The van der Waals surface area contributed by atoms with Crippen LogP contribution in [-0.4, -0.2) is 11.8 Å². The number of carbonyl (C=O) groups excluding carboxylic acids is 2. The first-order valence-electron chi connectivity index (χ1n) is 7.98. The lowest BCUT2D eigenvalue weighted by atomic mass is 10.0. The van der Waals surface area contributed by atoms with E-state index in [1.165, 1.54) is 0 Å². The third-order valence-electron chi connectivity index (χ3n) is 4.58. The Hall–Kier alpha value is -2.04. The van der Waals surface area contributed by atoms with E-state index < -0.39 is 5.41 Å². The zero-order chi connectivity index (χ0) is 18.2. The van der Waals surface area contributed by atoms with Crippen molar-refractivity contribution < 1.29 is 9.59 Å². The van der Waals surface area contributed by atoms with Crippen LogP contribution in [0.15, 0.2) is 36.4 Å². The number of anilines is 2. The number of hydrogen-bond acceptors (Lipinski definition) is 2. The number of amides is 2. The number of halogens is 2. The van der Waals surface area contributed by atoms with Crippen LogP contribution in [0, 0.1) is 19.3 Å². The van der Waals surface area contributed by atoms with Crippen LogP contribution in [0.2, 0.25) is 10.0 Å². The molecule has 1 aliphatic carbocycles. The van der Waals surface area contributed by atoms with Gasteiger partial charge in [-0.25, -0.2) is 0 Å². The Balaban J connectivity index is 1.74. The number of benzene rings is 2. The molecule has 0 bridgehead atoms. The van der Waals surface area contributed by atoms with Gasteiger partial charge in [0.15, 0.2) is 0 Å². The molecule has 0 aromatic heterocycles.